The summed E-state index contributed by atoms with van der Waals surface area (Å²) in [6.07, 6.45) is 13.1. The lowest BCUT2D eigenvalue weighted by Crippen LogP contribution is -2.53. The van der Waals surface area contributed by atoms with Crippen LogP contribution in [0.25, 0.3) is 0 Å². The molecule has 4 aliphatic carbocycles. The Labute approximate surface area is 190 Å². The maximum Gasteiger partial charge on any atom is 0.0603 e. The van der Waals surface area contributed by atoms with Crippen LogP contribution in [0.5, 0.6) is 0 Å². The van der Waals surface area contributed by atoms with E-state index in [0.29, 0.717) is 17.8 Å². The third-order valence-corrected chi connectivity index (χ3v) is 10.4. The summed E-state index contributed by atoms with van der Waals surface area (Å²) in [5, 5.41) is 21.7. The van der Waals surface area contributed by atoms with Gasteiger partial charge in [-0.2, -0.15) is 0 Å². The average Bonchev–Trinajstić information content (AvgIpc) is 3.06. The molecule has 0 radical (unpaired) electrons. The van der Waals surface area contributed by atoms with Crippen molar-refractivity contribution in [3.05, 3.63) is 34.4 Å². The van der Waals surface area contributed by atoms with Gasteiger partial charge in [-0.3, -0.25) is 0 Å². The van der Waals surface area contributed by atoms with Crippen molar-refractivity contribution < 1.29 is 10.2 Å². The molecule has 0 amide bonds. The molecular weight excluding hydrogens is 380 g/mol. The van der Waals surface area contributed by atoms with Gasteiger partial charge in [-0.1, -0.05) is 57.9 Å². The SMILES string of the molecule is CC(C)=CC[C@@H](O)[C@@H](C)[C@H]1CC=C2C3=C(CC[C@@]21C)[C@@]1(C)CC[C@H](O)C(C)(C)[C@@H]1CC3. The van der Waals surface area contributed by atoms with Gasteiger partial charge in [0.25, 0.3) is 0 Å². The molecule has 0 bridgehead atoms. The Morgan fingerprint density at radius 2 is 1.81 bits per heavy atom. The molecule has 1 fully saturated rings. The van der Waals surface area contributed by atoms with Gasteiger partial charge in [0.1, 0.15) is 0 Å². The third-order valence-electron chi connectivity index (χ3n) is 10.4. The van der Waals surface area contributed by atoms with Crippen molar-refractivity contribution in [2.45, 2.75) is 112 Å². The summed E-state index contributed by atoms with van der Waals surface area (Å²) in [6.45, 7) is 16.1. The minimum absolute atomic E-state index is 0.00240. The fraction of sp³-hybridized carbons (Fsp3) is 0.793. The van der Waals surface area contributed by atoms with Gasteiger partial charge >= 0.3 is 0 Å². The fourth-order valence-corrected chi connectivity index (χ4v) is 8.35. The highest BCUT2D eigenvalue weighted by Crippen LogP contribution is 2.66. The Morgan fingerprint density at radius 3 is 2.48 bits per heavy atom. The molecular formula is C29H46O2. The first-order chi connectivity index (χ1) is 14.4. The summed E-state index contributed by atoms with van der Waals surface area (Å²) in [5.41, 5.74) is 6.77. The number of allylic oxidation sites excluding steroid dienone is 5. The number of aliphatic hydroxyl groups excluding tert-OH is 2. The normalized spacial score (nSPS) is 40.9. The molecule has 0 unspecified atom stereocenters. The maximum absolute atomic E-state index is 10.9. The molecule has 0 saturated heterocycles. The van der Waals surface area contributed by atoms with E-state index in [1.165, 1.54) is 31.3 Å². The number of rotatable bonds is 4. The van der Waals surface area contributed by atoms with Crippen molar-refractivity contribution in [3.8, 4) is 0 Å². The van der Waals surface area contributed by atoms with Crippen LogP contribution in [0.15, 0.2) is 34.4 Å². The Morgan fingerprint density at radius 1 is 1.10 bits per heavy atom. The number of hydrogen-bond donors (Lipinski definition) is 2. The molecule has 0 spiro atoms. The Bertz CT molecular complexity index is 811. The highest BCUT2D eigenvalue weighted by molar-refractivity contribution is 5.50. The minimum Gasteiger partial charge on any atom is -0.393 e. The summed E-state index contributed by atoms with van der Waals surface area (Å²) >= 11 is 0. The lowest BCUT2D eigenvalue weighted by Gasteiger charge is -2.59. The number of hydrogen-bond acceptors (Lipinski definition) is 2. The van der Waals surface area contributed by atoms with Crippen molar-refractivity contribution in [1.82, 2.24) is 0 Å². The first-order valence-corrected chi connectivity index (χ1v) is 12.9. The number of fused-ring (bicyclic) bond motifs is 4. The second kappa shape index (κ2) is 7.87. The van der Waals surface area contributed by atoms with E-state index >= 15 is 0 Å². The van der Waals surface area contributed by atoms with E-state index in [4.69, 9.17) is 0 Å². The van der Waals surface area contributed by atoms with Gasteiger partial charge in [-0.05, 0) is 110 Å². The summed E-state index contributed by atoms with van der Waals surface area (Å²) in [4.78, 5) is 0. The van der Waals surface area contributed by atoms with Gasteiger partial charge < -0.3 is 10.2 Å². The summed E-state index contributed by atoms with van der Waals surface area (Å²) in [7, 11) is 0. The van der Waals surface area contributed by atoms with E-state index in [1.54, 1.807) is 16.7 Å². The molecule has 7 atom stereocenters. The van der Waals surface area contributed by atoms with Gasteiger partial charge in [0.2, 0.25) is 0 Å². The van der Waals surface area contributed by atoms with E-state index in [9.17, 15) is 10.2 Å². The van der Waals surface area contributed by atoms with Crippen LogP contribution >= 0.6 is 0 Å². The van der Waals surface area contributed by atoms with Crippen LogP contribution in [0.3, 0.4) is 0 Å². The summed E-state index contributed by atoms with van der Waals surface area (Å²) in [6, 6.07) is 0. The molecule has 2 nitrogen and oxygen atoms in total. The minimum atomic E-state index is -0.256. The molecule has 4 aliphatic rings. The zero-order valence-electron chi connectivity index (χ0n) is 21.1. The van der Waals surface area contributed by atoms with Gasteiger partial charge in [0.15, 0.2) is 0 Å². The van der Waals surface area contributed by atoms with Gasteiger partial charge in [-0.15, -0.1) is 0 Å². The molecule has 2 heteroatoms. The second-order valence-electron chi connectivity index (χ2n) is 12.7. The van der Waals surface area contributed by atoms with Crippen LogP contribution in [0.4, 0.5) is 0 Å². The molecule has 0 aromatic heterocycles. The van der Waals surface area contributed by atoms with E-state index < -0.39 is 0 Å². The van der Waals surface area contributed by atoms with E-state index in [2.05, 4.69) is 60.6 Å². The largest absolute Gasteiger partial charge is 0.393 e. The molecule has 0 heterocycles. The first kappa shape index (κ1) is 23.3. The molecule has 2 N–H and O–H groups in total. The highest BCUT2D eigenvalue weighted by atomic mass is 16.3. The topological polar surface area (TPSA) is 40.5 Å². The fourth-order valence-electron chi connectivity index (χ4n) is 8.35. The zero-order valence-corrected chi connectivity index (χ0v) is 21.1. The molecule has 4 rings (SSSR count). The Balaban J connectivity index is 1.62. The molecule has 0 aliphatic heterocycles. The van der Waals surface area contributed by atoms with Gasteiger partial charge in [0.05, 0.1) is 12.2 Å². The van der Waals surface area contributed by atoms with Crippen molar-refractivity contribution in [1.29, 1.82) is 0 Å². The van der Waals surface area contributed by atoms with E-state index in [0.717, 1.165) is 25.7 Å². The van der Waals surface area contributed by atoms with Crippen LogP contribution in [-0.2, 0) is 0 Å². The van der Waals surface area contributed by atoms with Crippen molar-refractivity contribution in [2.75, 3.05) is 0 Å². The molecule has 1 saturated carbocycles. The van der Waals surface area contributed by atoms with Crippen molar-refractivity contribution >= 4 is 0 Å². The quantitative estimate of drug-likeness (QED) is 0.476. The van der Waals surface area contributed by atoms with Crippen LogP contribution in [0, 0.1) is 34.0 Å². The molecule has 0 aromatic rings. The van der Waals surface area contributed by atoms with Crippen molar-refractivity contribution in [3.63, 3.8) is 0 Å². The smallest absolute Gasteiger partial charge is 0.0603 e. The molecule has 31 heavy (non-hydrogen) atoms. The van der Waals surface area contributed by atoms with Crippen LogP contribution in [0.1, 0.15) is 99.8 Å². The summed E-state index contributed by atoms with van der Waals surface area (Å²) < 4.78 is 0. The predicted octanol–water partition coefficient (Wildman–Crippen LogP) is 6.98. The zero-order chi connectivity index (χ0) is 22.8. The van der Waals surface area contributed by atoms with E-state index in [1.807, 2.05) is 0 Å². The Hall–Kier alpha value is -0.860. The number of aliphatic hydroxyl groups is 2. The monoisotopic (exact) mass is 426 g/mol. The summed E-state index contributed by atoms with van der Waals surface area (Å²) in [5.74, 6) is 1.42. The van der Waals surface area contributed by atoms with Gasteiger partial charge in [-0.25, -0.2) is 0 Å². The second-order valence-corrected chi connectivity index (χ2v) is 12.7. The van der Waals surface area contributed by atoms with Crippen LogP contribution < -0.4 is 0 Å². The standard InChI is InChI=1S/C29H46O2/c1-18(2)8-12-24(30)19(3)21-10-11-22-20-9-13-25-27(4,5)26(31)15-17-29(25,7)23(20)14-16-28(21,22)6/h8,11,19,21,24-26,30-31H,9-10,12-17H2,1-7H3/t19-,21+,24+,25-,26-,28+,29+/m0/s1. The third kappa shape index (κ3) is 3.52. The van der Waals surface area contributed by atoms with E-state index in [-0.39, 0.29) is 28.5 Å². The lowest BCUT2D eigenvalue weighted by molar-refractivity contribution is -0.0906. The molecule has 174 valence electrons. The van der Waals surface area contributed by atoms with Crippen molar-refractivity contribution in [2.24, 2.45) is 34.0 Å². The first-order valence-electron chi connectivity index (χ1n) is 12.9. The Kier molecular flexibility index (Phi) is 5.92. The maximum atomic E-state index is 10.9. The highest BCUT2D eigenvalue weighted by Gasteiger charge is 2.57. The van der Waals surface area contributed by atoms with Crippen LogP contribution in [0.2, 0.25) is 0 Å². The average molecular weight is 427 g/mol. The predicted molar refractivity (Wildman–Crippen MR) is 130 cm³/mol. The lowest BCUT2D eigenvalue weighted by atomic mass is 9.46. The van der Waals surface area contributed by atoms with Crippen LogP contribution in [-0.4, -0.2) is 22.4 Å². The molecule has 0 aromatic carbocycles. The van der Waals surface area contributed by atoms with Gasteiger partial charge in [0, 0.05) is 0 Å².